The van der Waals surface area contributed by atoms with Crippen molar-refractivity contribution in [3.8, 4) is 16.9 Å². The van der Waals surface area contributed by atoms with E-state index in [2.05, 4.69) is 12.2 Å². The first kappa shape index (κ1) is 22.6. The first-order valence-electron chi connectivity index (χ1n) is 10.4. The lowest BCUT2D eigenvalue weighted by Gasteiger charge is -2.08. The van der Waals surface area contributed by atoms with Crippen molar-refractivity contribution < 1.29 is 14.3 Å². The summed E-state index contributed by atoms with van der Waals surface area (Å²) >= 11 is 1.31. The molecule has 0 atom stereocenters. The van der Waals surface area contributed by atoms with Crippen molar-refractivity contribution in [3.63, 3.8) is 0 Å². The number of benzene rings is 3. The molecule has 4 nitrogen and oxygen atoms in total. The maximum absolute atomic E-state index is 12.4. The van der Waals surface area contributed by atoms with Crippen LogP contribution in [0.4, 0.5) is 5.69 Å². The topological polar surface area (TPSA) is 55.4 Å². The molecule has 160 valence electrons. The number of ether oxygens (including phenoxy) is 1. The Kier molecular flexibility index (Phi) is 8.73. The third-order valence-corrected chi connectivity index (χ3v) is 5.62. The quantitative estimate of drug-likeness (QED) is 0.294. The second-order valence-corrected chi connectivity index (χ2v) is 8.12. The first-order chi connectivity index (χ1) is 15.2. The van der Waals surface area contributed by atoms with E-state index in [4.69, 9.17) is 4.74 Å². The van der Waals surface area contributed by atoms with Gasteiger partial charge >= 0.3 is 0 Å². The fourth-order valence-electron chi connectivity index (χ4n) is 2.96. The molecule has 0 fully saturated rings. The third-order valence-electron chi connectivity index (χ3n) is 4.69. The Morgan fingerprint density at radius 3 is 2.19 bits per heavy atom. The maximum Gasteiger partial charge on any atom is 0.234 e. The summed E-state index contributed by atoms with van der Waals surface area (Å²) in [5, 5.41) is 2.85. The van der Waals surface area contributed by atoms with Crippen LogP contribution >= 0.6 is 11.8 Å². The van der Waals surface area contributed by atoms with Crippen LogP contribution in [0.5, 0.6) is 5.75 Å². The zero-order chi connectivity index (χ0) is 21.9. The SMILES string of the molecule is CCCCOc1ccc(NC(=O)CSCC(=O)c2ccc(-c3ccccc3)cc2)cc1. The van der Waals surface area contributed by atoms with Crippen molar-refractivity contribution in [2.45, 2.75) is 19.8 Å². The first-order valence-corrected chi connectivity index (χ1v) is 11.6. The number of carbonyl (C=O) groups excluding carboxylic acids is 2. The lowest BCUT2D eigenvalue weighted by atomic mass is 10.0. The van der Waals surface area contributed by atoms with Gasteiger partial charge in [-0.3, -0.25) is 9.59 Å². The Bertz CT molecular complexity index is 970. The van der Waals surface area contributed by atoms with E-state index in [1.807, 2.05) is 78.9 Å². The second kappa shape index (κ2) is 12.0. The van der Waals surface area contributed by atoms with Gasteiger partial charge in [-0.1, -0.05) is 67.9 Å². The number of ketones is 1. The summed E-state index contributed by atoms with van der Waals surface area (Å²) < 4.78 is 5.62. The molecule has 0 spiro atoms. The highest BCUT2D eigenvalue weighted by Gasteiger charge is 2.09. The summed E-state index contributed by atoms with van der Waals surface area (Å²) in [6, 6.07) is 25.0. The van der Waals surface area contributed by atoms with Gasteiger partial charge in [-0.2, -0.15) is 0 Å². The number of rotatable bonds is 11. The van der Waals surface area contributed by atoms with Crippen molar-refractivity contribution in [2.24, 2.45) is 0 Å². The van der Waals surface area contributed by atoms with Gasteiger partial charge in [0.2, 0.25) is 5.91 Å². The third kappa shape index (κ3) is 7.30. The molecule has 1 N–H and O–H groups in total. The number of anilines is 1. The number of thioether (sulfide) groups is 1. The minimum Gasteiger partial charge on any atom is -0.494 e. The smallest absolute Gasteiger partial charge is 0.234 e. The average molecular weight is 434 g/mol. The standard InChI is InChI=1S/C26H27NO3S/c1-2-3-17-30-24-15-13-23(14-16-24)27-26(29)19-31-18-25(28)22-11-9-21(10-12-22)20-7-5-4-6-8-20/h4-16H,2-3,17-19H2,1H3,(H,27,29). The van der Waals surface area contributed by atoms with Crippen LogP contribution in [0.25, 0.3) is 11.1 Å². The largest absolute Gasteiger partial charge is 0.494 e. The Morgan fingerprint density at radius 1 is 0.839 bits per heavy atom. The Morgan fingerprint density at radius 2 is 1.52 bits per heavy atom. The molecule has 0 bridgehead atoms. The van der Waals surface area contributed by atoms with Crippen molar-refractivity contribution in [2.75, 3.05) is 23.4 Å². The average Bonchev–Trinajstić information content (AvgIpc) is 2.81. The number of amides is 1. The van der Waals surface area contributed by atoms with E-state index in [9.17, 15) is 9.59 Å². The lowest BCUT2D eigenvalue weighted by molar-refractivity contribution is -0.113. The number of Topliss-reactive ketones (excluding diaryl/α,β-unsaturated/α-hetero) is 1. The van der Waals surface area contributed by atoms with Gasteiger partial charge in [-0.05, 0) is 41.8 Å². The van der Waals surface area contributed by atoms with Crippen LogP contribution < -0.4 is 10.1 Å². The summed E-state index contributed by atoms with van der Waals surface area (Å²) in [6.45, 7) is 2.82. The highest BCUT2D eigenvalue weighted by molar-refractivity contribution is 8.00. The molecule has 3 rings (SSSR count). The van der Waals surface area contributed by atoms with Gasteiger partial charge in [-0.25, -0.2) is 0 Å². The van der Waals surface area contributed by atoms with Crippen molar-refractivity contribution in [3.05, 3.63) is 84.4 Å². The van der Waals surface area contributed by atoms with E-state index in [-0.39, 0.29) is 23.2 Å². The minimum atomic E-state index is -0.128. The number of hydrogen-bond acceptors (Lipinski definition) is 4. The molecule has 5 heteroatoms. The molecule has 31 heavy (non-hydrogen) atoms. The second-order valence-electron chi connectivity index (χ2n) is 7.13. The van der Waals surface area contributed by atoms with E-state index < -0.39 is 0 Å². The van der Waals surface area contributed by atoms with Crippen LogP contribution in [0, 0.1) is 0 Å². The molecule has 0 radical (unpaired) electrons. The molecule has 3 aromatic carbocycles. The zero-order valence-electron chi connectivity index (χ0n) is 17.7. The van der Waals surface area contributed by atoms with Gasteiger partial charge in [0.25, 0.3) is 0 Å². The van der Waals surface area contributed by atoms with E-state index in [0.717, 1.165) is 35.4 Å². The highest BCUT2D eigenvalue weighted by atomic mass is 32.2. The summed E-state index contributed by atoms with van der Waals surface area (Å²) in [6.07, 6.45) is 2.11. The molecule has 0 unspecified atom stereocenters. The van der Waals surface area contributed by atoms with Crippen molar-refractivity contribution in [1.82, 2.24) is 0 Å². The van der Waals surface area contributed by atoms with Crippen molar-refractivity contribution in [1.29, 1.82) is 0 Å². The zero-order valence-corrected chi connectivity index (χ0v) is 18.5. The van der Waals surface area contributed by atoms with Gasteiger partial charge in [0.05, 0.1) is 18.1 Å². The monoisotopic (exact) mass is 433 g/mol. The molecule has 3 aromatic rings. The predicted octanol–water partition coefficient (Wildman–Crippen LogP) is 6.09. The van der Waals surface area contributed by atoms with Gasteiger partial charge < -0.3 is 10.1 Å². The van der Waals surface area contributed by atoms with E-state index in [1.54, 1.807) is 0 Å². The number of unbranched alkanes of at least 4 members (excludes halogenated alkanes) is 1. The molecule has 0 aliphatic rings. The minimum absolute atomic E-state index is 0.0194. The fraction of sp³-hybridized carbons (Fsp3) is 0.231. The summed E-state index contributed by atoms with van der Waals surface area (Å²) in [7, 11) is 0. The highest BCUT2D eigenvalue weighted by Crippen LogP contribution is 2.20. The van der Waals surface area contributed by atoms with Gasteiger partial charge in [-0.15, -0.1) is 11.8 Å². The maximum atomic E-state index is 12.4. The summed E-state index contributed by atoms with van der Waals surface area (Å²) in [5.41, 5.74) is 3.57. The number of nitrogens with one attached hydrogen (secondary N) is 1. The molecule has 1 amide bonds. The van der Waals surface area contributed by atoms with E-state index in [0.29, 0.717) is 12.2 Å². The van der Waals surface area contributed by atoms with Gasteiger partial charge in [0, 0.05) is 11.3 Å². The van der Waals surface area contributed by atoms with E-state index >= 15 is 0 Å². The summed E-state index contributed by atoms with van der Waals surface area (Å²) in [5.74, 6) is 1.18. The summed E-state index contributed by atoms with van der Waals surface area (Å²) in [4.78, 5) is 24.6. The van der Waals surface area contributed by atoms with E-state index in [1.165, 1.54) is 11.8 Å². The van der Waals surface area contributed by atoms with Crippen LogP contribution in [0.2, 0.25) is 0 Å². The number of hydrogen-bond donors (Lipinski definition) is 1. The van der Waals surface area contributed by atoms with Gasteiger partial charge in [0.1, 0.15) is 5.75 Å². The van der Waals surface area contributed by atoms with Crippen LogP contribution in [-0.4, -0.2) is 29.8 Å². The predicted molar refractivity (Wildman–Crippen MR) is 129 cm³/mol. The molecule has 0 saturated carbocycles. The molecule has 0 aliphatic carbocycles. The molecule has 0 aromatic heterocycles. The fourth-order valence-corrected chi connectivity index (χ4v) is 3.68. The Balaban J connectivity index is 1.41. The molecular formula is C26H27NO3S. The Hall–Kier alpha value is -3.05. The Labute approximate surface area is 188 Å². The normalized spacial score (nSPS) is 10.5. The number of carbonyl (C=O) groups is 2. The van der Waals surface area contributed by atoms with Crippen LogP contribution in [0.3, 0.4) is 0 Å². The van der Waals surface area contributed by atoms with Crippen LogP contribution in [0.15, 0.2) is 78.9 Å². The van der Waals surface area contributed by atoms with Crippen molar-refractivity contribution >= 4 is 29.1 Å². The van der Waals surface area contributed by atoms with Crippen LogP contribution in [0.1, 0.15) is 30.1 Å². The lowest BCUT2D eigenvalue weighted by Crippen LogP contribution is -2.15. The molecular weight excluding hydrogens is 406 g/mol. The molecule has 0 saturated heterocycles. The van der Waals surface area contributed by atoms with Gasteiger partial charge in [0.15, 0.2) is 5.78 Å². The molecule has 0 aliphatic heterocycles. The van der Waals surface area contributed by atoms with Crippen LogP contribution in [-0.2, 0) is 4.79 Å². The molecule has 0 heterocycles.